The molecule has 0 spiro atoms. The highest BCUT2D eigenvalue weighted by Crippen LogP contribution is 2.14. The zero-order valence-corrected chi connectivity index (χ0v) is 14.9. The number of aryl methyl sites for hydroxylation is 1. The Morgan fingerprint density at radius 1 is 1.26 bits per heavy atom. The van der Waals surface area contributed by atoms with Gasteiger partial charge in [-0.15, -0.1) is 12.4 Å². The average molecular weight is 343 g/mol. The maximum atomic E-state index is 12.4. The molecule has 0 bridgehead atoms. The first-order chi connectivity index (χ1) is 10.4. The number of carbonyl (C=O) groups excluding carboxylic acids is 2. The highest BCUT2D eigenvalue weighted by molar-refractivity contribution is 5.85. The first-order valence-corrected chi connectivity index (χ1v) is 7.70. The molecule has 1 aromatic rings. The van der Waals surface area contributed by atoms with Gasteiger partial charge in [-0.05, 0) is 30.9 Å². The van der Waals surface area contributed by atoms with Gasteiger partial charge < -0.3 is 15.4 Å². The van der Waals surface area contributed by atoms with Gasteiger partial charge in [0, 0.05) is 18.7 Å². The van der Waals surface area contributed by atoms with Crippen LogP contribution in [-0.4, -0.2) is 36.5 Å². The number of esters is 1. The van der Waals surface area contributed by atoms with E-state index >= 15 is 0 Å². The zero-order valence-electron chi connectivity index (χ0n) is 14.1. The van der Waals surface area contributed by atoms with E-state index in [0.29, 0.717) is 37.6 Å². The third kappa shape index (κ3) is 7.88. The summed E-state index contributed by atoms with van der Waals surface area (Å²) >= 11 is 0. The number of nitrogens with two attached hydrogens (primary N) is 1. The lowest BCUT2D eigenvalue weighted by atomic mass is 10.1. The molecule has 0 saturated heterocycles. The van der Waals surface area contributed by atoms with Crippen LogP contribution in [0.25, 0.3) is 0 Å². The number of halogens is 1. The maximum Gasteiger partial charge on any atom is 0.325 e. The van der Waals surface area contributed by atoms with E-state index in [0.717, 1.165) is 5.56 Å². The molecule has 0 fully saturated rings. The van der Waals surface area contributed by atoms with E-state index in [1.165, 1.54) is 0 Å². The van der Waals surface area contributed by atoms with E-state index in [9.17, 15) is 9.59 Å². The van der Waals surface area contributed by atoms with Crippen LogP contribution in [0.2, 0.25) is 0 Å². The number of anilines is 1. The predicted molar refractivity (Wildman–Crippen MR) is 94.5 cm³/mol. The SMILES string of the molecule is CCOC(=O)CN(CC(C)C)C(=O)CCc1ccccc1N.Cl. The van der Waals surface area contributed by atoms with Gasteiger partial charge in [0.15, 0.2) is 0 Å². The average Bonchev–Trinajstić information content (AvgIpc) is 2.45. The van der Waals surface area contributed by atoms with Crippen LogP contribution in [-0.2, 0) is 20.7 Å². The van der Waals surface area contributed by atoms with Gasteiger partial charge in [-0.2, -0.15) is 0 Å². The van der Waals surface area contributed by atoms with Crippen LogP contribution in [0.3, 0.4) is 0 Å². The Balaban J connectivity index is 0.00000484. The molecule has 0 heterocycles. The molecule has 23 heavy (non-hydrogen) atoms. The van der Waals surface area contributed by atoms with E-state index in [4.69, 9.17) is 10.5 Å². The number of amides is 1. The smallest absolute Gasteiger partial charge is 0.325 e. The molecule has 0 atom stereocenters. The van der Waals surface area contributed by atoms with Crippen molar-refractivity contribution in [1.29, 1.82) is 0 Å². The van der Waals surface area contributed by atoms with Gasteiger partial charge in [0.1, 0.15) is 6.54 Å². The Morgan fingerprint density at radius 3 is 2.48 bits per heavy atom. The molecule has 0 aromatic heterocycles. The van der Waals surface area contributed by atoms with Crippen LogP contribution in [0, 0.1) is 5.92 Å². The minimum atomic E-state index is -0.365. The molecule has 2 N–H and O–H groups in total. The Labute approximate surface area is 144 Å². The lowest BCUT2D eigenvalue weighted by Crippen LogP contribution is -2.39. The van der Waals surface area contributed by atoms with Crippen molar-refractivity contribution >= 4 is 30.0 Å². The lowest BCUT2D eigenvalue weighted by molar-refractivity contribution is -0.149. The Morgan fingerprint density at radius 2 is 1.91 bits per heavy atom. The number of nitrogen functional groups attached to an aromatic ring is 1. The normalized spacial score (nSPS) is 10.1. The molecule has 1 rings (SSSR count). The monoisotopic (exact) mass is 342 g/mol. The Kier molecular flexibility index (Phi) is 10.1. The summed E-state index contributed by atoms with van der Waals surface area (Å²) in [4.78, 5) is 25.6. The molecule has 0 aliphatic heterocycles. The maximum absolute atomic E-state index is 12.4. The number of ether oxygens (including phenoxy) is 1. The molecular formula is C17H27ClN2O3. The summed E-state index contributed by atoms with van der Waals surface area (Å²) in [7, 11) is 0. The fourth-order valence-electron chi connectivity index (χ4n) is 2.22. The molecule has 1 amide bonds. The largest absolute Gasteiger partial charge is 0.465 e. The lowest BCUT2D eigenvalue weighted by Gasteiger charge is -2.23. The number of benzene rings is 1. The number of rotatable bonds is 8. The van der Waals surface area contributed by atoms with E-state index in [2.05, 4.69) is 0 Å². The van der Waals surface area contributed by atoms with E-state index in [-0.39, 0.29) is 30.8 Å². The summed E-state index contributed by atoms with van der Waals surface area (Å²) < 4.78 is 4.93. The highest BCUT2D eigenvalue weighted by Gasteiger charge is 2.19. The summed E-state index contributed by atoms with van der Waals surface area (Å²) in [5.74, 6) is -0.124. The van der Waals surface area contributed by atoms with E-state index in [1.54, 1.807) is 11.8 Å². The second-order valence-electron chi connectivity index (χ2n) is 5.67. The number of para-hydroxylation sites is 1. The zero-order chi connectivity index (χ0) is 16.5. The van der Waals surface area contributed by atoms with Crippen molar-refractivity contribution in [1.82, 2.24) is 4.90 Å². The summed E-state index contributed by atoms with van der Waals surface area (Å²) in [6, 6.07) is 7.51. The molecule has 0 saturated carbocycles. The summed E-state index contributed by atoms with van der Waals surface area (Å²) in [5.41, 5.74) is 7.53. The quantitative estimate of drug-likeness (QED) is 0.582. The van der Waals surface area contributed by atoms with E-state index < -0.39 is 0 Å². The Hall–Kier alpha value is -1.75. The van der Waals surface area contributed by atoms with Crippen molar-refractivity contribution in [2.45, 2.75) is 33.6 Å². The minimum Gasteiger partial charge on any atom is -0.465 e. The molecule has 0 aliphatic carbocycles. The van der Waals surface area contributed by atoms with Crippen molar-refractivity contribution in [3.8, 4) is 0 Å². The summed E-state index contributed by atoms with van der Waals surface area (Å²) in [6.07, 6.45) is 0.906. The number of carbonyl (C=O) groups is 2. The molecular weight excluding hydrogens is 316 g/mol. The molecule has 6 heteroatoms. The van der Waals surface area contributed by atoms with Crippen LogP contribution in [0.1, 0.15) is 32.8 Å². The molecule has 0 radical (unpaired) electrons. The van der Waals surface area contributed by atoms with Crippen LogP contribution < -0.4 is 5.73 Å². The Bertz CT molecular complexity index is 506. The van der Waals surface area contributed by atoms with Gasteiger partial charge >= 0.3 is 5.97 Å². The second-order valence-corrected chi connectivity index (χ2v) is 5.67. The van der Waals surface area contributed by atoms with Crippen LogP contribution in [0.4, 0.5) is 5.69 Å². The summed E-state index contributed by atoms with van der Waals surface area (Å²) in [5, 5.41) is 0. The van der Waals surface area contributed by atoms with E-state index in [1.807, 2.05) is 38.1 Å². The van der Waals surface area contributed by atoms with Crippen molar-refractivity contribution in [2.75, 3.05) is 25.4 Å². The standard InChI is InChI=1S/C17H26N2O3.ClH/c1-4-22-17(21)12-19(11-13(2)3)16(20)10-9-14-7-5-6-8-15(14)18;/h5-8,13H,4,9-12,18H2,1-3H3;1H. The van der Waals surface area contributed by atoms with Crippen molar-refractivity contribution < 1.29 is 14.3 Å². The minimum absolute atomic E-state index is 0. The molecule has 0 unspecified atom stereocenters. The fraction of sp³-hybridized carbons (Fsp3) is 0.529. The van der Waals surface area contributed by atoms with Gasteiger partial charge in [-0.3, -0.25) is 9.59 Å². The van der Waals surface area contributed by atoms with Gasteiger partial charge in [-0.25, -0.2) is 0 Å². The topological polar surface area (TPSA) is 72.6 Å². The first kappa shape index (κ1) is 21.2. The molecule has 130 valence electrons. The number of nitrogens with zero attached hydrogens (tertiary/aromatic N) is 1. The molecule has 0 aliphatic rings. The van der Waals surface area contributed by atoms with Gasteiger partial charge in [-0.1, -0.05) is 32.0 Å². The van der Waals surface area contributed by atoms with Crippen LogP contribution in [0.15, 0.2) is 24.3 Å². The van der Waals surface area contributed by atoms with Gasteiger partial charge in [0.05, 0.1) is 6.61 Å². The van der Waals surface area contributed by atoms with Crippen molar-refractivity contribution in [3.63, 3.8) is 0 Å². The second kappa shape index (κ2) is 10.9. The molecule has 1 aromatic carbocycles. The third-order valence-electron chi connectivity index (χ3n) is 3.23. The molecule has 5 nitrogen and oxygen atoms in total. The van der Waals surface area contributed by atoms with Gasteiger partial charge in [0.2, 0.25) is 5.91 Å². The predicted octanol–water partition coefficient (Wildman–Crippen LogP) is 2.67. The van der Waals surface area contributed by atoms with Crippen molar-refractivity contribution in [3.05, 3.63) is 29.8 Å². The van der Waals surface area contributed by atoms with Crippen LogP contribution in [0.5, 0.6) is 0 Å². The van der Waals surface area contributed by atoms with Crippen LogP contribution >= 0.6 is 12.4 Å². The number of hydrogen-bond donors (Lipinski definition) is 1. The fourth-order valence-corrected chi connectivity index (χ4v) is 2.22. The summed E-state index contributed by atoms with van der Waals surface area (Å²) in [6.45, 7) is 6.66. The number of hydrogen-bond acceptors (Lipinski definition) is 4. The van der Waals surface area contributed by atoms with Gasteiger partial charge in [0.25, 0.3) is 0 Å². The third-order valence-corrected chi connectivity index (χ3v) is 3.23. The first-order valence-electron chi connectivity index (χ1n) is 7.70. The van der Waals surface area contributed by atoms with Crippen molar-refractivity contribution in [2.24, 2.45) is 5.92 Å². The highest BCUT2D eigenvalue weighted by atomic mass is 35.5.